The van der Waals surface area contributed by atoms with Crippen molar-refractivity contribution in [3.05, 3.63) is 65.0 Å². The van der Waals surface area contributed by atoms with E-state index in [1.807, 2.05) is 32.0 Å². The fourth-order valence-corrected chi connectivity index (χ4v) is 2.99. The van der Waals surface area contributed by atoms with Gasteiger partial charge in [0.25, 0.3) is 0 Å². The van der Waals surface area contributed by atoms with Gasteiger partial charge in [0.2, 0.25) is 0 Å². The molecule has 2 aromatic carbocycles. The van der Waals surface area contributed by atoms with Gasteiger partial charge < -0.3 is 15.6 Å². The van der Waals surface area contributed by atoms with E-state index in [4.69, 9.17) is 15.6 Å². The molecule has 0 heterocycles. The molecular formula is C20H24FNO3. The minimum absolute atomic E-state index is 0.0508. The Bertz CT molecular complexity index is 715. The first-order chi connectivity index (χ1) is 11.9. The molecule has 25 heavy (non-hydrogen) atoms. The second-order valence-electron chi connectivity index (χ2n) is 6.02. The van der Waals surface area contributed by atoms with Gasteiger partial charge in [-0.15, -0.1) is 0 Å². The highest BCUT2D eigenvalue weighted by Crippen LogP contribution is 2.32. The van der Waals surface area contributed by atoms with Crippen molar-refractivity contribution in [2.45, 2.75) is 38.7 Å². The van der Waals surface area contributed by atoms with Crippen LogP contribution in [0.25, 0.3) is 0 Å². The number of benzene rings is 2. The molecule has 4 nitrogen and oxygen atoms in total. The Labute approximate surface area is 147 Å². The normalized spacial score (nSPS) is 13.4. The van der Waals surface area contributed by atoms with Crippen LogP contribution in [0.15, 0.2) is 42.5 Å². The molecule has 0 unspecified atom stereocenters. The molecule has 5 heteroatoms. The second kappa shape index (κ2) is 8.62. The maximum atomic E-state index is 13.2. The van der Waals surface area contributed by atoms with Gasteiger partial charge in [0.1, 0.15) is 11.9 Å². The number of nitrogen functional groups attached to an aromatic ring is 1. The largest absolute Gasteiger partial charge is 0.481 e. The van der Waals surface area contributed by atoms with Crippen LogP contribution in [0, 0.1) is 5.82 Å². The van der Waals surface area contributed by atoms with E-state index in [1.165, 1.54) is 12.1 Å². The van der Waals surface area contributed by atoms with Crippen molar-refractivity contribution in [1.82, 2.24) is 0 Å². The summed E-state index contributed by atoms with van der Waals surface area (Å²) < 4.78 is 19.1. The molecule has 0 saturated heterocycles. The third kappa shape index (κ3) is 5.03. The first-order valence-electron chi connectivity index (χ1n) is 8.43. The Hall–Kier alpha value is -2.40. The summed E-state index contributed by atoms with van der Waals surface area (Å²) in [5.41, 5.74) is 9.16. The second-order valence-corrected chi connectivity index (χ2v) is 6.02. The fraction of sp³-hybridized carbons (Fsp3) is 0.350. The van der Waals surface area contributed by atoms with Crippen molar-refractivity contribution in [3.8, 4) is 0 Å². The molecule has 0 aromatic heterocycles. The molecule has 0 aliphatic rings. The van der Waals surface area contributed by atoms with Crippen molar-refractivity contribution in [2.24, 2.45) is 0 Å². The minimum Gasteiger partial charge on any atom is -0.481 e. The first-order valence-corrected chi connectivity index (χ1v) is 8.43. The van der Waals surface area contributed by atoms with Crippen LogP contribution in [-0.2, 0) is 9.53 Å². The van der Waals surface area contributed by atoms with E-state index in [0.29, 0.717) is 18.7 Å². The van der Waals surface area contributed by atoms with Gasteiger partial charge in [-0.25, -0.2) is 4.39 Å². The van der Waals surface area contributed by atoms with Gasteiger partial charge in [-0.1, -0.05) is 25.1 Å². The van der Waals surface area contributed by atoms with Crippen LogP contribution in [0.4, 0.5) is 10.1 Å². The number of carboxylic acids is 1. The zero-order valence-corrected chi connectivity index (χ0v) is 14.5. The Morgan fingerprint density at radius 3 is 2.32 bits per heavy atom. The van der Waals surface area contributed by atoms with Gasteiger partial charge in [-0.3, -0.25) is 4.79 Å². The standard InChI is InChI=1S/C20H24FNO3/c1-3-13(12-19(23)24)15-9-16(11-18(22)10-15)20(25-4-2)14-5-7-17(21)8-6-14/h5-11,13,20H,3-4,12,22H2,1-2H3,(H,23,24)/t13-,20-/m0/s1. The van der Waals surface area contributed by atoms with Crippen LogP contribution in [0.5, 0.6) is 0 Å². The highest BCUT2D eigenvalue weighted by atomic mass is 19.1. The van der Waals surface area contributed by atoms with Gasteiger partial charge in [-0.2, -0.15) is 0 Å². The highest BCUT2D eigenvalue weighted by Gasteiger charge is 2.19. The Balaban J connectivity index is 2.43. The van der Waals surface area contributed by atoms with E-state index in [9.17, 15) is 9.18 Å². The number of ether oxygens (including phenoxy) is 1. The van der Waals surface area contributed by atoms with Gasteiger partial charge in [-0.05, 0) is 60.2 Å². The lowest BCUT2D eigenvalue weighted by Crippen LogP contribution is -2.10. The van der Waals surface area contributed by atoms with E-state index in [-0.39, 0.29) is 24.3 Å². The Kier molecular flexibility index (Phi) is 6.53. The first kappa shape index (κ1) is 18.9. The average molecular weight is 345 g/mol. The topological polar surface area (TPSA) is 72.5 Å². The predicted octanol–water partition coefficient (Wildman–Crippen LogP) is 4.50. The summed E-state index contributed by atoms with van der Waals surface area (Å²) in [4.78, 5) is 11.1. The molecule has 2 atom stereocenters. The van der Waals surface area contributed by atoms with Crippen LogP contribution < -0.4 is 5.73 Å². The van der Waals surface area contributed by atoms with Crippen LogP contribution in [0.2, 0.25) is 0 Å². The summed E-state index contributed by atoms with van der Waals surface area (Å²) in [7, 11) is 0. The third-order valence-corrected chi connectivity index (χ3v) is 4.19. The summed E-state index contributed by atoms with van der Waals surface area (Å²) >= 11 is 0. The molecule has 0 fully saturated rings. The van der Waals surface area contributed by atoms with Crippen LogP contribution in [0.1, 0.15) is 55.4 Å². The molecule has 134 valence electrons. The van der Waals surface area contributed by atoms with Gasteiger partial charge in [0, 0.05) is 12.3 Å². The fourth-order valence-electron chi connectivity index (χ4n) is 2.99. The zero-order valence-electron chi connectivity index (χ0n) is 14.5. The molecule has 0 saturated carbocycles. The van der Waals surface area contributed by atoms with Crippen LogP contribution in [0.3, 0.4) is 0 Å². The quantitative estimate of drug-likeness (QED) is 0.691. The molecule has 0 aliphatic carbocycles. The predicted molar refractivity (Wildman–Crippen MR) is 96.0 cm³/mol. The molecule has 0 radical (unpaired) electrons. The lowest BCUT2D eigenvalue weighted by molar-refractivity contribution is -0.137. The lowest BCUT2D eigenvalue weighted by Gasteiger charge is -2.21. The molecule has 0 amide bonds. The van der Waals surface area contributed by atoms with Gasteiger partial charge >= 0.3 is 5.97 Å². The molecular weight excluding hydrogens is 321 g/mol. The monoisotopic (exact) mass is 345 g/mol. The van der Waals surface area contributed by atoms with E-state index in [1.54, 1.807) is 12.1 Å². The number of hydrogen-bond donors (Lipinski definition) is 2. The zero-order chi connectivity index (χ0) is 18.4. The summed E-state index contributed by atoms with van der Waals surface area (Å²) in [5.74, 6) is -1.26. The van der Waals surface area contributed by atoms with Crippen LogP contribution in [-0.4, -0.2) is 17.7 Å². The molecule has 3 N–H and O–H groups in total. The number of hydrogen-bond acceptors (Lipinski definition) is 3. The summed E-state index contributed by atoms with van der Waals surface area (Å²) in [5, 5.41) is 9.12. The Morgan fingerprint density at radius 1 is 1.12 bits per heavy atom. The number of rotatable bonds is 8. The van der Waals surface area contributed by atoms with Crippen LogP contribution >= 0.6 is 0 Å². The smallest absolute Gasteiger partial charge is 0.303 e. The SMILES string of the molecule is CCO[C@@H](c1ccc(F)cc1)c1cc(N)cc([C@@H](CC)CC(=O)O)c1. The number of carboxylic acid groups (broad SMARTS) is 1. The molecule has 0 aliphatic heterocycles. The maximum Gasteiger partial charge on any atom is 0.303 e. The summed E-state index contributed by atoms with van der Waals surface area (Å²) in [6.45, 7) is 4.33. The summed E-state index contributed by atoms with van der Waals surface area (Å²) in [6, 6.07) is 11.7. The number of carbonyl (C=O) groups is 1. The number of aliphatic carboxylic acids is 1. The Morgan fingerprint density at radius 2 is 1.76 bits per heavy atom. The lowest BCUT2D eigenvalue weighted by atomic mass is 9.89. The number of halogens is 1. The van der Waals surface area contributed by atoms with E-state index >= 15 is 0 Å². The molecule has 0 bridgehead atoms. The van der Waals surface area contributed by atoms with E-state index < -0.39 is 5.97 Å². The summed E-state index contributed by atoms with van der Waals surface area (Å²) in [6.07, 6.45) is 0.371. The van der Waals surface area contributed by atoms with E-state index in [0.717, 1.165) is 16.7 Å². The highest BCUT2D eigenvalue weighted by molar-refractivity contribution is 5.68. The van der Waals surface area contributed by atoms with Crippen molar-refractivity contribution >= 4 is 11.7 Å². The number of nitrogens with two attached hydrogens (primary N) is 1. The molecule has 2 aromatic rings. The number of anilines is 1. The third-order valence-electron chi connectivity index (χ3n) is 4.19. The van der Waals surface area contributed by atoms with Crippen molar-refractivity contribution in [1.29, 1.82) is 0 Å². The van der Waals surface area contributed by atoms with Crippen molar-refractivity contribution in [3.63, 3.8) is 0 Å². The van der Waals surface area contributed by atoms with Gasteiger partial charge in [0.05, 0.1) is 6.42 Å². The average Bonchev–Trinajstić information content (AvgIpc) is 2.57. The molecule has 2 rings (SSSR count). The van der Waals surface area contributed by atoms with Gasteiger partial charge in [0.15, 0.2) is 0 Å². The van der Waals surface area contributed by atoms with E-state index in [2.05, 4.69) is 0 Å². The minimum atomic E-state index is -0.837. The maximum absolute atomic E-state index is 13.2. The van der Waals surface area contributed by atoms with Crippen molar-refractivity contribution < 1.29 is 19.0 Å². The molecule has 0 spiro atoms. The van der Waals surface area contributed by atoms with Crippen molar-refractivity contribution in [2.75, 3.05) is 12.3 Å².